The molecular weight excluding hydrogens is 162 g/mol. The minimum atomic E-state index is 0.234. The molecule has 2 heteroatoms. The van der Waals surface area contributed by atoms with E-state index < -0.39 is 0 Å². The summed E-state index contributed by atoms with van der Waals surface area (Å²) in [6, 6.07) is 0.513. The number of aliphatic hydroxyl groups is 1. The van der Waals surface area contributed by atoms with Crippen molar-refractivity contribution in [2.45, 2.75) is 25.3 Å². The second-order valence-electron chi connectivity index (χ2n) is 3.43. The smallest absolute Gasteiger partial charge is 0.0558 e. The maximum Gasteiger partial charge on any atom is 0.0558 e. The van der Waals surface area contributed by atoms with E-state index in [0.717, 1.165) is 13.1 Å². The van der Waals surface area contributed by atoms with Gasteiger partial charge in [0.25, 0.3) is 0 Å². The zero-order chi connectivity index (χ0) is 9.52. The molecule has 74 valence electrons. The number of allylic oxidation sites excluding steroid dienone is 1. The van der Waals surface area contributed by atoms with Crippen LogP contribution in [0.25, 0.3) is 0 Å². The largest absolute Gasteiger partial charge is 0.395 e. The van der Waals surface area contributed by atoms with Gasteiger partial charge in [0, 0.05) is 19.1 Å². The molecule has 1 N–H and O–H groups in total. The van der Waals surface area contributed by atoms with Crippen molar-refractivity contribution in [3.8, 4) is 0 Å². The average Bonchev–Trinajstić information content (AvgIpc) is 2.19. The third-order valence-corrected chi connectivity index (χ3v) is 2.45. The van der Waals surface area contributed by atoms with E-state index in [1.54, 1.807) is 0 Å². The van der Waals surface area contributed by atoms with Gasteiger partial charge in [-0.05, 0) is 19.3 Å². The molecular formula is C11H19NO. The second-order valence-corrected chi connectivity index (χ2v) is 3.43. The Balaban J connectivity index is 2.45. The quantitative estimate of drug-likeness (QED) is 0.651. The number of hydrogen-bond donors (Lipinski definition) is 1. The SMILES string of the molecule is C=CCN(CCO)C1C=CCCC1. The van der Waals surface area contributed by atoms with Gasteiger partial charge in [0.05, 0.1) is 6.61 Å². The molecule has 1 rings (SSSR count). The van der Waals surface area contributed by atoms with Gasteiger partial charge in [-0.3, -0.25) is 4.90 Å². The van der Waals surface area contributed by atoms with Crippen molar-refractivity contribution in [1.82, 2.24) is 4.90 Å². The monoisotopic (exact) mass is 181 g/mol. The van der Waals surface area contributed by atoms with Gasteiger partial charge in [-0.15, -0.1) is 6.58 Å². The van der Waals surface area contributed by atoms with Gasteiger partial charge in [-0.2, -0.15) is 0 Å². The maximum atomic E-state index is 8.89. The van der Waals surface area contributed by atoms with Crippen LogP contribution in [0.4, 0.5) is 0 Å². The predicted molar refractivity (Wildman–Crippen MR) is 55.6 cm³/mol. The van der Waals surface area contributed by atoms with Crippen molar-refractivity contribution in [3.05, 3.63) is 24.8 Å². The Morgan fingerprint density at radius 1 is 1.62 bits per heavy atom. The number of nitrogens with zero attached hydrogens (tertiary/aromatic N) is 1. The fraction of sp³-hybridized carbons (Fsp3) is 0.636. The fourth-order valence-electron chi connectivity index (χ4n) is 1.79. The lowest BCUT2D eigenvalue weighted by Crippen LogP contribution is -2.37. The van der Waals surface area contributed by atoms with E-state index in [4.69, 9.17) is 5.11 Å². The third-order valence-electron chi connectivity index (χ3n) is 2.45. The number of aliphatic hydroxyl groups excluding tert-OH is 1. The molecule has 1 aliphatic rings. The van der Waals surface area contributed by atoms with Crippen LogP contribution in [0.3, 0.4) is 0 Å². The molecule has 0 aromatic carbocycles. The molecule has 2 nitrogen and oxygen atoms in total. The fourth-order valence-corrected chi connectivity index (χ4v) is 1.79. The molecule has 0 aromatic rings. The molecule has 0 amide bonds. The first-order valence-corrected chi connectivity index (χ1v) is 5.01. The zero-order valence-corrected chi connectivity index (χ0v) is 8.15. The van der Waals surface area contributed by atoms with Crippen molar-refractivity contribution in [2.75, 3.05) is 19.7 Å². The Kier molecular flexibility index (Phi) is 4.79. The molecule has 0 saturated heterocycles. The Labute approximate surface area is 80.6 Å². The molecule has 0 fully saturated rings. The molecule has 0 spiro atoms. The molecule has 1 aliphatic carbocycles. The van der Waals surface area contributed by atoms with Crippen LogP contribution in [0.5, 0.6) is 0 Å². The Bertz CT molecular complexity index is 177. The summed E-state index contributed by atoms with van der Waals surface area (Å²) in [5.74, 6) is 0. The topological polar surface area (TPSA) is 23.5 Å². The van der Waals surface area contributed by atoms with Crippen molar-refractivity contribution in [2.24, 2.45) is 0 Å². The van der Waals surface area contributed by atoms with Gasteiger partial charge in [0.2, 0.25) is 0 Å². The Morgan fingerprint density at radius 2 is 2.46 bits per heavy atom. The highest BCUT2D eigenvalue weighted by atomic mass is 16.3. The first-order valence-electron chi connectivity index (χ1n) is 5.01. The number of rotatable bonds is 5. The van der Waals surface area contributed by atoms with Gasteiger partial charge in [-0.25, -0.2) is 0 Å². The van der Waals surface area contributed by atoms with Crippen LogP contribution in [0.15, 0.2) is 24.8 Å². The van der Waals surface area contributed by atoms with Gasteiger partial charge in [0.15, 0.2) is 0 Å². The van der Waals surface area contributed by atoms with Crippen molar-refractivity contribution in [3.63, 3.8) is 0 Å². The van der Waals surface area contributed by atoms with Crippen molar-refractivity contribution < 1.29 is 5.11 Å². The van der Waals surface area contributed by atoms with Crippen LogP contribution < -0.4 is 0 Å². The minimum Gasteiger partial charge on any atom is -0.395 e. The van der Waals surface area contributed by atoms with Gasteiger partial charge < -0.3 is 5.11 Å². The van der Waals surface area contributed by atoms with E-state index in [1.807, 2.05) is 6.08 Å². The van der Waals surface area contributed by atoms with E-state index in [1.165, 1.54) is 19.3 Å². The third kappa shape index (κ3) is 3.33. The first-order chi connectivity index (χ1) is 6.38. The van der Waals surface area contributed by atoms with Crippen molar-refractivity contribution >= 4 is 0 Å². The van der Waals surface area contributed by atoms with E-state index in [9.17, 15) is 0 Å². The highest BCUT2D eigenvalue weighted by Gasteiger charge is 2.15. The lowest BCUT2D eigenvalue weighted by molar-refractivity contribution is 0.176. The summed E-state index contributed by atoms with van der Waals surface area (Å²) in [4.78, 5) is 2.27. The average molecular weight is 181 g/mol. The van der Waals surface area contributed by atoms with Crippen molar-refractivity contribution in [1.29, 1.82) is 0 Å². The van der Waals surface area contributed by atoms with Crippen LogP contribution in [0.2, 0.25) is 0 Å². The van der Waals surface area contributed by atoms with Crippen LogP contribution in [0, 0.1) is 0 Å². The minimum absolute atomic E-state index is 0.234. The van der Waals surface area contributed by atoms with Gasteiger partial charge in [0.1, 0.15) is 0 Å². The molecule has 0 aliphatic heterocycles. The van der Waals surface area contributed by atoms with Gasteiger partial charge in [-0.1, -0.05) is 18.2 Å². The van der Waals surface area contributed by atoms with Crippen LogP contribution in [-0.4, -0.2) is 35.7 Å². The molecule has 0 radical (unpaired) electrons. The summed E-state index contributed by atoms with van der Waals surface area (Å²) in [5, 5.41) is 8.89. The highest BCUT2D eigenvalue weighted by molar-refractivity contribution is 4.99. The van der Waals surface area contributed by atoms with E-state index in [2.05, 4.69) is 23.6 Å². The summed E-state index contributed by atoms with van der Waals surface area (Å²) >= 11 is 0. The van der Waals surface area contributed by atoms with E-state index in [0.29, 0.717) is 6.04 Å². The molecule has 0 saturated carbocycles. The standard InChI is InChI=1S/C11H19NO/c1-2-8-12(9-10-13)11-6-4-3-5-7-11/h2,4,6,11,13H,1,3,5,7-10H2. The summed E-state index contributed by atoms with van der Waals surface area (Å²) in [6.45, 7) is 5.59. The summed E-state index contributed by atoms with van der Waals surface area (Å²) < 4.78 is 0. The lowest BCUT2D eigenvalue weighted by Gasteiger charge is -2.29. The van der Waals surface area contributed by atoms with E-state index in [-0.39, 0.29) is 6.61 Å². The molecule has 13 heavy (non-hydrogen) atoms. The Morgan fingerprint density at radius 3 is 3.00 bits per heavy atom. The summed E-state index contributed by atoms with van der Waals surface area (Å²) in [7, 11) is 0. The predicted octanol–water partition coefficient (Wildman–Crippen LogP) is 1.58. The summed E-state index contributed by atoms with van der Waals surface area (Å²) in [6.07, 6.45) is 10.1. The Hall–Kier alpha value is -0.600. The molecule has 0 heterocycles. The van der Waals surface area contributed by atoms with Gasteiger partial charge >= 0.3 is 0 Å². The molecule has 0 bridgehead atoms. The normalized spacial score (nSPS) is 22.2. The molecule has 1 atom stereocenters. The lowest BCUT2D eigenvalue weighted by atomic mass is 10.0. The zero-order valence-electron chi connectivity index (χ0n) is 8.15. The maximum absolute atomic E-state index is 8.89. The first kappa shape index (κ1) is 10.5. The molecule has 0 aromatic heterocycles. The van der Waals surface area contributed by atoms with Crippen LogP contribution in [0.1, 0.15) is 19.3 Å². The highest BCUT2D eigenvalue weighted by Crippen LogP contribution is 2.15. The summed E-state index contributed by atoms with van der Waals surface area (Å²) in [5.41, 5.74) is 0. The molecule has 1 unspecified atom stereocenters. The van der Waals surface area contributed by atoms with E-state index >= 15 is 0 Å². The second kappa shape index (κ2) is 5.95. The number of hydrogen-bond acceptors (Lipinski definition) is 2. The van der Waals surface area contributed by atoms with Crippen LogP contribution >= 0.6 is 0 Å². The van der Waals surface area contributed by atoms with Crippen LogP contribution in [-0.2, 0) is 0 Å².